The fraction of sp³-hybridized carbons (Fsp3) is 0.579. The van der Waals surface area contributed by atoms with Gasteiger partial charge in [0.15, 0.2) is 11.5 Å². The lowest BCUT2D eigenvalue weighted by atomic mass is 9.97. The Morgan fingerprint density at radius 2 is 1.80 bits per heavy atom. The summed E-state index contributed by atoms with van der Waals surface area (Å²) >= 11 is 0. The van der Waals surface area contributed by atoms with E-state index in [-0.39, 0.29) is 23.8 Å². The second kappa shape index (κ2) is 6.94. The lowest BCUT2D eigenvalue weighted by Crippen LogP contribution is -2.41. The quantitative estimate of drug-likeness (QED) is 0.835. The largest absolute Gasteiger partial charge is 0.493 e. The van der Waals surface area contributed by atoms with E-state index < -0.39 is 0 Å². The third-order valence-corrected chi connectivity index (χ3v) is 5.16. The van der Waals surface area contributed by atoms with Gasteiger partial charge in [0.1, 0.15) is 0 Å². The fourth-order valence-electron chi connectivity index (χ4n) is 3.73. The second-order valence-corrected chi connectivity index (χ2v) is 7.03. The van der Waals surface area contributed by atoms with Crippen molar-refractivity contribution in [2.75, 3.05) is 27.3 Å². The standard InChI is InChI=1S/C19H26N2O4/c1-12(2)21-11-15(9-18(21)22)19(23)20-6-5-13-7-16(24-3)17(25-4)8-14(13)10-20/h7-8,12,15H,5-6,9-11H2,1-4H3/t15-/m1/s1. The second-order valence-electron chi connectivity index (χ2n) is 7.03. The maximum Gasteiger partial charge on any atom is 0.228 e. The van der Waals surface area contributed by atoms with E-state index in [1.165, 1.54) is 5.56 Å². The molecule has 2 aliphatic heterocycles. The first kappa shape index (κ1) is 17.6. The summed E-state index contributed by atoms with van der Waals surface area (Å²) in [5.41, 5.74) is 2.27. The lowest BCUT2D eigenvalue weighted by Gasteiger charge is -2.31. The van der Waals surface area contributed by atoms with Gasteiger partial charge in [0, 0.05) is 32.1 Å². The van der Waals surface area contributed by atoms with Gasteiger partial charge in [-0.15, -0.1) is 0 Å². The third-order valence-electron chi connectivity index (χ3n) is 5.16. The van der Waals surface area contributed by atoms with E-state index in [0.29, 0.717) is 31.8 Å². The molecule has 0 saturated carbocycles. The van der Waals surface area contributed by atoms with Crippen molar-refractivity contribution < 1.29 is 19.1 Å². The summed E-state index contributed by atoms with van der Waals surface area (Å²) in [5, 5.41) is 0. The number of ether oxygens (including phenoxy) is 2. The van der Waals surface area contributed by atoms with Crippen molar-refractivity contribution >= 4 is 11.8 Å². The van der Waals surface area contributed by atoms with Gasteiger partial charge in [-0.1, -0.05) is 0 Å². The van der Waals surface area contributed by atoms with Gasteiger partial charge in [-0.25, -0.2) is 0 Å². The predicted molar refractivity (Wildman–Crippen MR) is 93.6 cm³/mol. The molecular formula is C19H26N2O4. The lowest BCUT2D eigenvalue weighted by molar-refractivity contribution is -0.136. The van der Waals surface area contributed by atoms with Crippen LogP contribution in [0.15, 0.2) is 12.1 Å². The minimum Gasteiger partial charge on any atom is -0.493 e. The van der Waals surface area contributed by atoms with E-state index in [4.69, 9.17) is 9.47 Å². The number of benzene rings is 1. The number of rotatable bonds is 4. The van der Waals surface area contributed by atoms with Crippen LogP contribution in [0.2, 0.25) is 0 Å². The van der Waals surface area contributed by atoms with E-state index in [1.807, 2.05) is 30.9 Å². The molecular weight excluding hydrogens is 320 g/mol. The molecule has 2 amide bonds. The molecule has 1 aromatic rings. The summed E-state index contributed by atoms with van der Waals surface area (Å²) < 4.78 is 10.7. The Morgan fingerprint density at radius 3 is 2.36 bits per heavy atom. The molecule has 3 rings (SSSR count). The molecule has 25 heavy (non-hydrogen) atoms. The molecule has 0 spiro atoms. The molecule has 0 aromatic heterocycles. The molecule has 6 heteroatoms. The van der Waals surface area contributed by atoms with Crippen molar-refractivity contribution in [3.63, 3.8) is 0 Å². The monoisotopic (exact) mass is 346 g/mol. The number of fused-ring (bicyclic) bond motifs is 1. The summed E-state index contributed by atoms with van der Waals surface area (Å²) in [5.74, 6) is 1.33. The predicted octanol–water partition coefficient (Wildman–Crippen LogP) is 1.85. The number of nitrogens with zero attached hydrogens (tertiary/aromatic N) is 2. The van der Waals surface area contributed by atoms with Crippen LogP contribution < -0.4 is 9.47 Å². The molecule has 2 heterocycles. The van der Waals surface area contributed by atoms with Crippen molar-refractivity contribution in [3.05, 3.63) is 23.3 Å². The van der Waals surface area contributed by atoms with Crippen molar-refractivity contribution in [1.29, 1.82) is 0 Å². The Morgan fingerprint density at radius 1 is 1.16 bits per heavy atom. The number of carbonyl (C=O) groups is 2. The van der Waals surface area contributed by atoms with Crippen molar-refractivity contribution in [2.24, 2.45) is 5.92 Å². The van der Waals surface area contributed by atoms with Crippen LogP contribution in [0.1, 0.15) is 31.4 Å². The third kappa shape index (κ3) is 3.30. The van der Waals surface area contributed by atoms with Crippen molar-refractivity contribution in [2.45, 2.75) is 39.3 Å². The van der Waals surface area contributed by atoms with Gasteiger partial charge < -0.3 is 19.3 Å². The van der Waals surface area contributed by atoms with E-state index in [0.717, 1.165) is 17.7 Å². The van der Waals surface area contributed by atoms with E-state index in [2.05, 4.69) is 0 Å². The average molecular weight is 346 g/mol. The van der Waals surface area contributed by atoms with Crippen LogP contribution in [0.3, 0.4) is 0 Å². The molecule has 0 unspecified atom stereocenters. The molecule has 136 valence electrons. The maximum atomic E-state index is 12.9. The SMILES string of the molecule is COc1cc2c(cc1OC)CN(C(=O)[C@@H]1CC(=O)N(C(C)C)C1)CC2. The molecule has 2 aliphatic rings. The highest BCUT2D eigenvalue weighted by molar-refractivity contribution is 5.89. The average Bonchev–Trinajstić information content (AvgIpc) is 3.01. The molecule has 1 atom stereocenters. The van der Waals surface area contributed by atoms with Crippen molar-refractivity contribution in [3.8, 4) is 11.5 Å². The van der Waals surface area contributed by atoms with Gasteiger partial charge in [-0.2, -0.15) is 0 Å². The molecule has 1 fully saturated rings. The first-order chi connectivity index (χ1) is 11.9. The zero-order chi connectivity index (χ0) is 18.1. The first-order valence-electron chi connectivity index (χ1n) is 8.76. The highest BCUT2D eigenvalue weighted by Gasteiger charge is 2.38. The summed E-state index contributed by atoms with van der Waals surface area (Å²) in [4.78, 5) is 28.7. The van der Waals surface area contributed by atoms with Crippen LogP contribution in [-0.4, -0.2) is 55.0 Å². The number of carbonyl (C=O) groups excluding carboxylic acids is 2. The highest BCUT2D eigenvalue weighted by atomic mass is 16.5. The van der Waals surface area contributed by atoms with Gasteiger partial charge in [0.2, 0.25) is 11.8 Å². The summed E-state index contributed by atoms with van der Waals surface area (Å²) in [6, 6.07) is 4.09. The number of hydrogen-bond donors (Lipinski definition) is 0. The van der Waals surface area contributed by atoms with Crippen LogP contribution in [0.5, 0.6) is 11.5 Å². The molecule has 0 bridgehead atoms. The number of hydrogen-bond acceptors (Lipinski definition) is 4. The van der Waals surface area contributed by atoms with Gasteiger partial charge in [-0.3, -0.25) is 9.59 Å². The molecule has 0 radical (unpaired) electrons. The number of methoxy groups -OCH3 is 2. The Kier molecular flexibility index (Phi) is 4.88. The normalized spacial score (nSPS) is 20.0. The topological polar surface area (TPSA) is 59.1 Å². The summed E-state index contributed by atoms with van der Waals surface area (Å²) in [7, 11) is 3.24. The van der Waals surface area contributed by atoms with E-state index in [1.54, 1.807) is 19.1 Å². The van der Waals surface area contributed by atoms with Gasteiger partial charge in [0.05, 0.1) is 20.1 Å². The van der Waals surface area contributed by atoms with E-state index >= 15 is 0 Å². The fourth-order valence-corrected chi connectivity index (χ4v) is 3.73. The highest BCUT2D eigenvalue weighted by Crippen LogP contribution is 2.34. The minimum atomic E-state index is -0.225. The van der Waals surface area contributed by atoms with Crippen LogP contribution in [0.25, 0.3) is 0 Å². The van der Waals surface area contributed by atoms with Gasteiger partial charge in [-0.05, 0) is 43.5 Å². The van der Waals surface area contributed by atoms with E-state index in [9.17, 15) is 9.59 Å². The summed E-state index contributed by atoms with van der Waals surface area (Å²) in [6.07, 6.45) is 1.11. The van der Waals surface area contributed by atoms with Crippen LogP contribution in [-0.2, 0) is 22.6 Å². The smallest absolute Gasteiger partial charge is 0.228 e. The maximum absolute atomic E-state index is 12.9. The van der Waals surface area contributed by atoms with Gasteiger partial charge in [0.25, 0.3) is 0 Å². The van der Waals surface area contributed by atoms with Crippen LogP contribution in [0, 0.1) is 5.92 Å². The molecule has 0 aliphatic carbocycles. The zero-order valence-corrected chi connectivity index (χ0v) is 15.4. The Balaban J connectivity index is 1.74. The molecule has 1 aromatic carbocycles. The Labute approximate surface area is 148 Å². The number of amides is 2. The molecule has 0 N–H and O–H groups in total. The molecule has 6 nitrogen and oxygen atoms in total. The molecule has 1 saturated heterocycles. The summed E-state index contributed by atoms with van der Waals surface area (Å²) in [6.45, 7) is 5.74. The van der Waals surface area contributed by atoms with Gasteiger partial charge >= 0.3 is 0 Å². The van der Waals surface area contributed by atoms with Crippen molar-refractivity contribution in [1.82, 2.24) is 9.80 Å². The Bertz CT molecular complexity index is 686. The zero-order valence-electron chi connectivity index (χ0n) is 15.4. The number of likely N-dealkylation sites (tertiary alicyclic amines) is 1. The van der Waals surface area contributed by atoms with Crippen LogP contribution in [0.4, 0.5) is 0 Å². The van der Waals surface area contributed by atoms with Crippen LogP contribution >= 0.6 is 0 Å². The Hall–Kier alpha value is -2.24. The first-order valence-corrected chi connectivity index (χ1v) is 8.76. The minimum absolute atomic E-state index is 0.0805.